The zero-order chi connectivity index (χ0) is 30.0. The number of aromatic nitrogens is 2. The summed E-state index contributed by atoms with van der Waals surface area (Å²) < 4.78 is 79.3. The number of likely N-dealkylation sites (tertiary alicyclic amines) is 1. The maximum atomic E-state index is 14.6. The van der Waals surface area contributed by atoms with Gasteiger partial charge in [-0.05, 0) is 58.7 Å². The average molecular weight is 572 g/mol. The zero-order valence-electron chi connectivity index (χ0n) is 22.6. The SMILES string of the molecule is CCOC(=O)c1cc(-c2cc(CCC(=O)[C@@H]3C[C@@H](F)[C@H](C)N3C(=O)OC(C)(C)C)c(F)cn2)cnc1C(F)(F)F. The molecule has 8 nitrogen and oxygen atoms in total. The first kappa shape index (κ1) is 30.9. The molecule has 2 aromatic rings. The van der Waals surface area contributed by atoms with Gasteiger partial charge in [-0.1, -0.05) is 0 Å². The Hall–Kier alpha value is -3.64. The lowest BCUT2D eigenvalue weighted by atomic mass is 10.00. The Morgan fingerprint density at radius 2 is 1.77 bits per heavy atom. The van der Waals surface area contributed by atoms with Gasteiger partial charge in [0.05, 0.1) is 36.1 Å². The molecule has 2 aromatic heterocycles. The Balaban J connectivity index is 1.84. The van der Waals surface area contributed by atoms with Crippen LogP contribution in [-0.4, -0.2) is 63.2 Å². The number of hydrogen-bond acceptors (Lipinski definition) is 7. The molecule has 0 saturated carbocycles. The average Bonchev–Trinajstić information content (AvgIpc) is 3.15. The second kappa shape index (κ2) is 11.8. The van der Waals surface area contributed by atoms with Gasteiger partial charge in [0, 0.05) is 24.6 Å². The van der Waals surface area contributed by atoms with Crippen molar-refractivity contribution in [2.45, 2.75) is 83.9 Å². The van der Waals surface area contributed by atoms with E-state index in [1.165, 1.54) is 19.9 Å². The highest BCUT2D eigenvalue weighted by Gasteiger charge is 2.46. The van der Waals surface area contributed by atoms with Gasteiger partial charge in [0.1, 0.15) is 17.6 Å². The summed E-state index contributed by atoms with van der Waals surface area (Å²) in [5.41, 5.74) is -3.13. The molecular formula is C27H30F5N3O5. The molecule has 218 valence electrons. The molecule has 13 heteroatoms. The molecule has 1 saturated heterocycles. The summed E-state index contributed by atoms with van der Waals surface area (Å²) in [6, 6.07) is 0.135. The van der Waals surface area contributed by atoms with Gasteiger partial charge in [0.15, 0.2) is 11.5 Å². The first-order valence-electron chi connectivity index (χ1n) is 12.6. The summed E-state index contributed by atoms with van der Waals surface area (Å²) in [5, 5.41) is 0. The van der Waals surface area contributed by atoms with Crippen molar-refractivity contribution < 1.29 is 45.8 Å². The second-order valence-corrected chi connectivity index (χ2v) is 10.4. The summed E-state index contributed by atoms with van der Waals surface area (Å²) >= 11 is 0. The van der Waals surface area contributed by atoms with Crippen LogP contribution in [0.2, 0.25) is 0 Å². The van der Waals surface area contributed by atoms with Crippen LogP contribution in [0.15, 0.2) is 24.5 Å². The third-order valence-corrected chi connectivity index (χ3v) is 6.25. The summed E-state index contributed by atoms with van der Waals surface area (Å²) in [6.07, 6.45) is -6.18. The van der Waals surface area contributed by atoms with Gasteiger partial charge in [0.2, 0.25) is 0 Å². The first-order chi connectivity index (χ1) is 18.5. The van der Waals surface area contributed by atoms with E-state index in [0.717, 1.165) is 23.4 Å². The maximum Gasteiger partial charge on any atom is 0.434 e. The molecule has 1 aliphatic rings. The van der Waals surface area contributed by atoms with Crippen LogP contribution in [0.3, 0.4) is 0 Å². The van der Waals surface area contributed by atoms with Crippen LogP contribution in [0, 0.1) is 5.82 Å². The minimum atomic E-state index is -4.92. The molecule has 0 spiro atoms. The van der Waals surface area contributed by atoms with Gasteiger partial charge < -0.3 is 9.47 Å². The Labute approximate surface area is 227 Å². The van der Waals surface area contributed by atoms with Gasteiger partial charge in [-0.25, -0.2) is 18.4 Å². The van der Waals surface area contributed by atoms with Gasteiger partial charge >= 0.3 is 18.2 Å². The molecular weight excluding hydrogens is 541 g/mol. The number of ether oxygens (including phenoxy) is 2. The van der Waals surface area contributed by atoms with Crippen LogP contribution >= 0.6 is 0 Å². The topological polar surface area (TPSA) is 98.7 Å². The predicted octanol–water partition coefficient (Wildman–Crippen LogP) is 5.72. The fraction of sp³-hybridized carbons (Fsp3) is 0.519. The molecule has 1 amide bonds. The van der Waals surface area contributed by atoms with Crippen LogP contribution in [0.5, 0.6) is 0 Å². The van der Waals surface area contributed by atoms with E-state index in [1.54, 1.807) is 20.8 Å². The number of nitrogens with zero attached hydrogens (tertiary/aromatic N) is 3. The van der Waals surface area contributed by atoms with Crippen molar-refractivity contribution >= 4 is 17.8 Å². The van der Waals surface area contributed by atoms with Crippen molar-refractivity contribution in [2.75, 3.05) is 6.61 Å². The van der Waals surface area contributed by atoms with Crippen molar-refractivity contribution in [1.29, 1.82) is 0 Å². The van der Waals surface area contributed by atoms with Crippen LogP contribution in [0.25, 0.3) is 11.3 Å². The second-order valence-electron chi connectivity index (χ2n) is 10.4. The van der Waals surface area contributed by atoms with Crippen molar-refractivity contribution in [3.8, 4) is 11.3 Å². The normalized spacial score (nSPS) is 19.4. The molecule has 3 atom stereocenters. The summed E-state index contributed by atoms with van der Waals surface area (Å²) in [6.45, 7) is 7.66. The highest BCUT2D eigenvalue weighted by atomic mass is 19.4. The third kappa shape index (κ3) is 7.11. The quantitative estimate of drug-likeness (QED) is 0.310. The number of esters is 1. The molecule has 0 aliphatic carbocycles. The maximum absolute atomic E-state index is 14.6. The smallest absolute Gasteiger partial charge is 0.434 e. The number of carbonyl (C=O) groups is 3. The number of aryl methyl sites for hydroxylation is 1. The van der Waals surface area contributed by atoms with Crippen LogP contribution in [0.1, 0.15) is 69.1 Å². The van der Waals surface area contributed by atoms with Gasteiger partial charge in [-0.3, -0.25) is 19.7 Å². The molecule has 0 aromatic carbocycles. The minimum Gasteiger partial charge on any atom is -0.462 e. The number of alkyl halides is 4. The molecule has 3 heterocycles. The lowest BCUT2D eigenvalue weighted by Crippen LogP contribution is -2.47. The fourth-order valence-corrected chi connectivity index (χ4v) is 4.33. The summed E-state index contributed by atoms with van der Waals surface area (Å²) in [5.74, 6) is -2.52. The number of amides is 1. The number of Topliss-reactive ketones (excluding diaryl/α,β-unsaturated/α-hetero) is 1. The molecule has 0 radical (unpaired) electrons. The number of hydrogen-bond donors (Lipinski definition) is 0. The van der Waals surface area contributed by atoms with Crippen LogP contribution in [0.4, 0.5) is 26.7 Å². The molecule has 3 rings (SSSR count). The Morgan fingerprint density at radius 1 is 1.10 bits per heavy atom. The van der Waals surface area contributed by atoms with E-state index in [1.807, 2.05) is 0 Å². The number of carbonyl (C=O) groups excluding carboxylic acids is 3. The predicted molar refractivity (Wildman–Crippen MR) is 133 cm³/mol. The van der Waals surface area contributed by atoms with E-state index in [0.29, 0.717) is 0 Å². The van der Waals surface area contributed by atoms with Crippen molar-refractivity contribution in [3.63, 3.8) is 0 Å². The molecule has 1 aliphatic heterocycles. The van der Waals surface area contributed by atoms with Crippen molar-refractivity contribution in [2.24, 2.45) is 0 Å². The number of ketones is 1. The van der Waals surface area contributed by atoms with E-state index in [-0.39, 0.29) is 42.7 Å². The largest absolute Gasteiger partial charge is 0.462 e. The monoisotopic (exact) mass is 571 g/mol. The Bertz CT molecular complexity index is 1280. The molecule has 0 bridgehead atoms. The summed E-state index contributed by atoms with van der Waals surface area (Å²) in [7, 11) is 0. The molecule has 40 heavy (non-hydrogen) atoms. The van der Waals surface area contributed by atoms with Crippen molar-refractivity contribution in [3.05, 3.63) is 47.2 Å². The fourth-order valence-electron chi connectivity index (χ4n) is 4.33. The standard InChI is InChI=1S/C27H30F5N3O5/c1-6-39-24(37)17-9-16(12-34-23(17)27(30,31)32)20-10-15(19(29)13-33-20)7-8-22(36)21-11-18(28)14(2)35(21)25(38)40-26(3,4)5/h9-10,12-14,18,21H,6-8,11H2,1-5H3/t14-,18+,21-/m0/s1. The minimum absolute atomic E-state index is 0.00240. The van der Waals surface area contributed by atoms with E-state index < -0.39 is 65.0 Å². The highest BCUT2D eigenvalue weighted by molar-refractivity contribution is 5.92. The highest BCUT2D eigenvalue weighted by Crippen LogP contribution is 2.33. The van der Waals surface area contributed by atoms with Gasteiger partial charge in [-0.15, -0.1) is 0 Å². The third-order valence-electron chi connectivity index (χ3n) is 6.25. The van der Waals surface area contributed by atoms with Gasteiger partial charge in [-0.2, -0.15) is 13.2 Å². The zero-order valence-corrected chi connectivity index (χ0v) is 22.6. The van der Waals surface area contributed by atoms with E-state index in [9.17, 15) is 36.3 Å². The molecule has 0 N–H and O–H groups in total. The van der Waals surface area contributed by atoms with Gasteiger partial charge in [0.25, 0.3) is 0 Å². The number of halogens is 5. The van der Waals surface area contributed by atoms with Crippen LogP contribution in [-0.2, 0) is 26.9 Å². The summed E-state index contributed by atoms with van der Waals surface area (Å²) in [4.78, 5) is 46.2. The van der Waals surface area contributed by atoms with E-state index in [2.05, 4.69) is 9.97 Å². The van der Waals surface area contributed by atoms with E-state index in [4.69, 9.17) is 9.47 Å². The van der Waals surface area contributed by atoms with Crippen molar-refractivity contribution in [1.82, 2.24) is 14.9 Å². The Morgan fingerprint density at radius 3 is 2.38 bits per heavy atom. The Kier molecular flexibility index (Phi) is 9.15. The first-order valence-corrected chi connectivity index (χ1v) is 12.6. The lowest BCUT2D eigenvalue weighted by Gasteiger charge is -2.30. The lowest BCUT2D eigenvalue weighted by molar-refractivity contribution is -0.141. The number of pyridine rings is 2. The molecule has 0 unspecified atom stereocenters. The molecule has 1 fully saturated rings. The number of rotatable bonds is 7. The van der Waals surface area contributed by atoms with E-state index >= 15 is 0 Å². The van der Waals surface area contributed by atoms with Crippen LogP contribution < -0.4 is 0 Å².